The molecule has 4 aromatic rings. The number of carbonyl (C=O) groups is 1. The van der Waals surface area contributed by atoms with Crippen LogP contribution in [0, 0.1) is 18.3 Å². The van der Waals surface area contributed by atoms with E-state index in [1.807, 2.05) is 11.0 Å². The van der Waals surface area contributed by atoms with Gasteiger partial charge in [0.05, 0.1) is 31.7 Å². The molecule has 0 saturated carbocycles. The molecule has 0 aliphatic carbocycles. The number of carboxylic acid groups (broad SMARTS) is 1. The number of anilines is 2. The summed E-state index contributed by atoms with van der Waals surface area (Å²) in [7, 11) is -4.18. The lowest BCUT2D eigenvalue weighted by Gasteiger charge is -2.47. The first kappa shape index (κ1) is 29.9. The molecule has 6 heterocycles. The van der Waals surface area contributed by atoms with E-state index in [0.29, 0.717) is 41.1 Å². The summed E-state index contributed by atoms with van der Waals surface area (Å²) in [6.45, 7) is 2.23. The maximum absolute atomic E-state index is 14.1. The predicted octanol–water partition coefficient (Wildman–Crippen LogP) is 3.09. The average Bonchev–Trinajstić information content (AvgIpc) is 3.36. The Morgan fingerprint density at radius 2 is 2.07 bits per heavy atom. The molecule has 238 valence electrons. The average molecular weight is 655 g/mol. The number of nitrogens with zero attached hydrogens (tertiary/aromatic N) is 7. The molecule has 13 nitrogen and oxygen atoms in total. The van der Waals surface area contributed by atoms with Gasteiger partial charge in [0, 0.05) is 37.1 Å². The Hall–Kier alpha value is -4.79. The maximum atomic E-state index is 14.1. The largest absolute Gasteiger partial charge is 0.481 e. The highest BCUT2D eigenvalue weighted by atomic mass is 32.2. The second-order valence-corrected chi connectivity index (χ2v) is 13.4. The predicted molar refractivity (Wildman–Crippen MR) is 154 cm³/mol. The normalized spacial score (nSPS) is 22.3. The number of aryl methyl sites for hydroxylation is 1. The molecule has 3 aromatic heterocycles. The highest BCUT2D eigenvalue weighted by Crippen LogP contribution is 2.43. The Kier molecular flexibility index (Phi) is 6.74. The van der Waals surface area contributed by atoms with E-state index in [9.17, 15) is 36.8 Å². The summed E-state index contributed by atoms with van der Waals surface area (Å²) in [6, 6.07) is 9.86. The second-order valence-electron chi connectivity index (χ2n) is 11.5. The number of aromatic nitrogens is 4. The van der Waals surface area contributed by atoms with Crippen molar-refractivity contribution in [3.63, 3.8) is 0 Å². The Balaban J connectivity index is 1.35. The van der Waals surface area contributed by atoms with Crippen molar-refractivity contribution in [1.29, 1.82) is 5.26 Å². The number of fused-ring (bicyclic) bond motifs is 5. The van der Waals surface area contributed by atoms with Crippen LogP contribution in [-0.4, -0.2) is 75.3 Å². The molecule has 1 unspecified atom stereocenters. The van der Waals surface area contributed by atoms with E-state index < -0.39 is 46.0 Å². The van der Waals surface area contributed by atoms with Crippen LogP contribution in [0.5, 0.6) is 0 Å². The minimum Gasteiger partial charge on any atom is -0.481 e. The number of nitriles is 1. The van der Waals surface area contributed by atoms with E-state index in [4.69, 9.17) is 4.74 Å². The zero-order valence-electron chi connectivity index (χ0n) is 24.1. The van der Waals surface area contributed by atoms with Crippen LogP contribution >= 0.6 is 0 Å². The number of carboxylic acids is 1. The van der Waals surface area contributed by atoms with Gasteiger partial charge in [-0.1, -0.05) is 12.1 Å². The van der Waals surface area contributed by atoms with Crippen molar-refractivity contribution in [3.05, 3.63) is 76.4 Å². The molecule has 0 radical (unpaired) electrons. The van der Waals surface area contributed by atoms with Gasteiger partial charge in [-0.05, 0) is 47.4 Å². The van der Waals surface area contributed by atoms with Gasteiger partial charge in [0.1, 0.15) is 16.6 Å². The highest BCUT2D eigenvalue weighted by Gasteiger charge is 2.51. The van der Waals surface area contributed by atoms with Gasteiger partial charge in [0.25, 0.3) is 0 Å². The lowest BCUT2D eigenvalue weighted by Crippen LogP contribution is -2.65. The molecule has 1 saturated heterocycles. The van der Waals surface area contributed by atoms with E-state index >= 15 is 0 Å². The van der Waals surface area contributed by atoms with Gasteiger partial charge in [-0.25, -0.2) is 13.4 Å². The van der Waals surface area contributed by atoms with E-state index in [1.54, 1.807) is 25.1 Å². The second kappa shape index (κ2) is 10.4. The number of halogens is 3. The molecule has 17 heteroatoms. The number of morpholine rings is 1. The number of aliphatic carboxylic acids is 1. The van der Waals surface area contributed by atoms with Gasteiger partial charge >= 0.3 is 12.1 Å². The van der Waals surface area contributed by atoms with Crippen molar-refractivity contribution < 1.29 is 36.2 Å². The number of sulfonamides is 1. The van der Waals surface area contributed by atoms with E-state index in [2.05, 4.69) is 20.5 Å². The Labute approximate surface area is 259 Å². The molecule has 7 rings (SSSR count). The first-order chi connectivity index (χ1) is 21.8. The number of benzene rings is 1. The maximum Gasteiger partial charge on any atom is 0.452 e. The molecular weight excluding hydrogens is 629 g/mol. The lowest BCUT2D eigenvalue weighted by atomic mass is 9.85. The molecule has 2 bridgehead atoms. The van der Waals surface area contributed by atoms with Crippen LogP contribution in [0.2, 0.25) is 0 Å². The quantitative estimate of drug-likeness (QED) is 0.332. The number of ether oxygens (including phenoxy) is 1. The van der Waals surface area contributed by atoms with Crippen LogP contribution in [0.15, 0.2) is 47.6 Å². The van der Waals surface area contributed by atoms with Crippen LogP contribution in [0.25, 0.3) is 5.65 Å². The van der Waals surface area contributed by atoms with Crippen molar-refractivity contribution in [2.24, 2.45) is 0 Å². The number of rotatable bonds is 4. The van der Waals surface area contributed by atoms with Crippen LogP contribution in [0.1, 0.15) is 46.0 Å². The molecule has 1 aromatic carbocycles. The first-order valence-electron chi connectivity index (χ1n) is 14.1. The number of hydrogen-bond acceptors (Lipinski definition) is 10. The number of alkyl halides is 3. The third-order valence-electron chi connectivity index (χ3n) is 8.71. The summed E-state index contributed by atoms with van der Waals surface area (Å²) in [6.07, 6.45) is -2.63. The highest BCUT2D eigenvalue weighted by molar-refractivity contribution is 7.89. The lowest BCUT2D eigenvalue weighted by molar-refractivity contribution is -0.145. The number of hydrogen-bond donors (Lipinski definition) is 2. The van der Waals surface area contributed by atoms with Crippen molar-refractivity contribution in [3.8, 4) is 6.07 Å². The van der Waals surface area contributed by atoms with Crippen LogP contribution in [-0.2, 0) is 32.3 Å². The summed E-state index contributed by atoms with van der Waals surface area (Å²) in [5.74, 6) is -2.93. The minimum absolute atomic E-state index is 0.0135. The molecular formula is C29H25F3N8O5S. The van der Waals surface area contributed by atoms with Crippen molar-refractivity contribution in [2.75, 3.05) is 36.5 Å². The number of nitrogens with one attached hydrogen (secondary N) is 1. The standard InChI is InChI=1S/C29H25F3N8O5S/c1-16-20(4-5-39-25(16)36-37-27(39)29(30,31)32)21(10-24(41)42)18-2-3-22-19(9-18)13-38-14-28(35-22)15-45-7-6-40(28)26-23(46(38,43)44)8-17(11-33)12-34-26/h2-5,8-9,12,21,35H,6-7,10,13-15H2,1H3,(H,41,42)/t21-,28-/m0/s1. The third kappa shape index (κ3) is 4.63. The summed E-state index contributed by atoms with van der Waals surface area (Å²) >= 11 is 0. The van der Waals surface area contributed by atoms with Crippen molar-refractivity contribution >= 4 is 33.1 Å². The van der Waals surface area contributed by atoms with Gasteiger partial charge in [-0.15, -0.1) is 10.2 Å². The smallest absolute Gasteiger partial charge is 0.452 e. The van der Waals surface area contributed by atoms with E-state index in [1.165, 1.54) is 28.8 Å². The van der Waals surface area contributed by atoms with Crippen LogP contribution in [0.3, 0.4) is 0 Å². The van der Waals surface area contributed by atoms with Crippen LogP contribution < -0.4 is 10.2 Å². The van der Waals surface area contributed by atoms with E-state index in [-0.39, 0.29) is 41.6 Å². The fourth-order valence-corrected chi connectivity index (χ4v) is 8.23. The van der Waals surface area contributed by atoms with Crippen LogP contribution in [0.4, 0.5) is 24.7 Å². The fourth-order valence-electron chi connectivity index (χ4n) is 6.59. The van der Waals surface area contributed by atoms with Crippen molar-refractivity contribution in [2.45, 2.75) is 42.5 Å². The SMILES string of the molecule is Cc1c([C@@H](CC(=O)O)c2ccc3c(c2)CN2C[C@]4(COCCN4c4ncc(C#N)cc4S2(=O)=O)N3)ccn2c(C(F)(F)F)nnc12. The van der Waals surface area contributed by atoms with Gasteiger partial charge in [-0.3, -0.25) is 9.20 Å². The monoisotopic (exact) mass is 654 g/mol. The topological polar surface area (TPSA) is 166 Å². The zero-order valence-corrected chi connectivity index (χ0v) is 24.9. The molecule has 3 aliphatic rings. The zero-order chi connectivity index (χ0) is 32.6. The van der Waals surface area contributed by atoms with Gasteiger partial charge in [0.2, 0.25) is 15.8 Å². The van der Waals surface area contributed by atoms with E-state index in [0.717, 1.165) is 4.40 Å². The number of pyridine rings is 2. The van der Waals surface area contributed by atoms with Crippen molar-refractivity contribution in [1.82, 2.24) is 23.9 Å². The molecule has 46 heavy (non-hydrogen) atoms. The molecule has 3 atom stereocenters. The summed E-state index contributed by atoms with van der Waals surface area (Å²) < 4.78 is 76.7. The van der Waals surface area contributed by atoms with Gasteiger partial charge in [-0.2, -0.15) is 22.7 Å². The summed E-state index contributed by atoms with van der Waals surface area (Å²) in [5, 5.41) is 29.9. The molecule has 3 aliphatic heterocycles. The summed E-state index contributed by atoms with van der Waals surface area (Å²) in [4.78, 5) is 18.2. The minimum atomic E-state index is -4.74. The molecule has 1 fully saturated rings. The molecule has 2 N–H and O–H groups in total. The Morgan fingerprint density at radius 1 is 1.26 bits per heavy atom. The molecule has 1 spiro atoms. The third-order valence-corrected chi connectivity index (χ3v) is 10.5. The Bertz CT molecular complexity index is 2080. The summed E-state index contributed by atoms with van der Waals surface area (Å²) in [5.41, 5.74) is 1.42. The fraction of sp³-hybridized carbons (Fsp3) is 0.345. The first-order valence-corrected chi connectivity index (χ1v) is 15.6. The molecule has 0 amide bonds. The Morgan fingerprint density at radius 3 is 2.80 bits per heavy atom. The van der Waals surface area contributed by atoms with Gasteiger partial charge < -0.3 is 20.1 Å². The van der Waals surface area contributed by atoms with Gasteiger partial charge in [0.15, 0.2) is 11.5 Å².